The van der Waals surface area contributed by atoms with E-state index < -0.39 is 78.3 Å². The Bertz CT molecular complexity index is 1330. The van der Waals surface area contributed by atoms with Crippen molar-refractivity contribution in [2.24, 2.45) is 0 Å². The van der Waals surface area contributed by atoms with E-state index in [1.165, 1.54) is 0 Å². The van der Waals surface area contributed by atoms with Crippen molar-refractivity contribution in [2.75, 3.05) is 6.61 Å². The molecule has 1 aromatic heterocycles. The maximum atomic E-state index is 14.2. The monoisotopic (exact) mass is 551 g/mol. The van der Waals surface area contributed by atoms with Gasteiger partial charge in [-0.25, -0.2) is 9.59 Å². The Morgan fingerprint density at radius 1 is 0.974 bits per heavy atom. The molecule has 1 aliphatic heterocycles. The van der Waals surface area contributed by atoms with Gasteiger partial charge in [-0.05, 0) is 5.56 Å². The summed E-state index contributed by atoms with van der Waals surface area (Å²) in [5.41, 5.74) is -1.82. The lowest BCUT2D eigenvalue weighted by Crippen LogP contribution is -2.65. The summed E-state index contributed by atoms with van der Waals surface area (Å²) >= 11 is 0. The Hall–Kier alpha value is -4.53. The number of hydrogen-bond acceptors (Lipinski definition) is 11. The molecule has 15 heteroatoms. The van der Waals surface area contributed by atoms with Crippen LogP contribution in [0.25, 0.3) is 0 Å². The number of hydrogen-bond donors (Lipinski definition) is 2. The molecule has 0 spiro atoms. The molecule has 5 atom stereocenters. The lowest BCUT2D eigenvalue weighted by Gasteiger charge is -2.45. The zero-order valence-corrected chi connectivity index (χ0v) is 21.1. The average Bonchev–Trinajstić information content (AvgIpc) is 2.86. The summed E-state index contributed by atoms with van der Waals surface area (Å²) in [6.07, 6.45) is -6.61. The minimum Gasteiger partial charge on any atom is -0.463 e. The zero-order valence-electron chi connectivity index (χ0n) is 21.1. The van der Waals surface area contributed by atoms with Gasteiger partial charge >= 0.3 is 29.7 Å². The van der Waals surface area contributed by atoms with E-state index in [0.717, 1.165) is 20.8 Å². The average molecular weight is 551 g/mol. The first-order chi connectivity index (χ1) is 18.5. The second kappa shape index (κ2) is 12.8. The van der Waals surface area contributed by atoms with Gasteiger partial charge in [0.15, 0.2) is 18.4 Å². The van der Waals surface area contributed by atoms with Gasteiger partial charge in [-0.15, -0.1) is 0 Å². The largest absolute Gasteiger partial charge is 0.463 e. The van der Waals surface area contributed by atoms with Crippen molar-refractivity contribution in [1.29, 1.82) is 0 Å². The summed E-state index contributed by atoms with van der Waals surface area (Å²) in [4.78, 5) is 74.3. The van der Waals surface area contributed by atoms with Gasteiger partial charge in [0.25, 0.3) is 5.56 Å². The van der Waals surface area contributed by atoms with Crippen LogP contribution in [0.4, 0.5) is 9.18 Å². The molecule has 2 heterocycles. The molecule has 0 aliphatic carbocycles. The molecule has 1 aromatic carbocycles. The number of rotatable bonds is 8. The van der Waals surface area contributed by atoms with E-state index in [9.17, 15) is 33.2 Å². The molecule has 39 heavy (non-hydrogen) atoms. The number of aromatic amines is 1. The number of halogens is 1. The van der Waals surface area contributed by atoms with Gasteiger partial charge in [0.2, 0.25) is 5.82 Å². The molecule has 0 unspecified atom stereocenters. The summed E-state index contributed by atoms with van der Waals surface area (Å²) < 4.78 is 41.6. The first kappa shape index (κ1) is 29.0. The summed E-state index contributed by atoms with van der Waals surface area (Å²) in [5.74, 6) is -3.83. The number of H-pyrrole nitrogens is 1. The Kier molecular flexibility index (Phi) is 9.54. The highest BCUT2D eigenvalue weighted by Crippen LogP contribution is 2.32. The van der Waals surface area contributed by atoms with Crippen LogP contribution in [0.2, 0.25) is 0 Å². The molecule has 14 nitrogen and oxygen atoms in total. The van der Waals surface area contributed by atoms with Gasteiger partial charge in [0.05, 0.1) is 6.20 Å². The lowest BCUT2D eigenvalue weighted by molar-refractivity contribution is -0.237. The minimum atomic E-state index is -1.68. The van der Waals surface area contributed by atoms with Gasteiger partial charge in [-0.1, -0.05) is 30.3 Å². The first-order valence-corrected chi connectivity index (χ1v) is 11.6. The summed E-state index contributed by atoms with van der Waals surface area (Å²) in [6.45, 7) is 2.47. The molecule has 0 radical (unpaired) electrons. The molecular weight excluding hydrogens is 525 g/mol. The number of ether oxygens (including phenoxy) is 5. The van der Waals surface area contributed by atoms with Gasteiger partial charge < -0.3 is 29.0 Å². The lowest BCUT2D eigenvalue weighted by atomic mass is 9.95. The minimum absolute atomic E-state index is 0.168. The molecule has 1 fully saturated rings. The van der Waals surface area contributed by atoms with Crippen molar-refractivity contribution in [1.82, 2.24) is 14.9 Å². The number of carbonyl (C=O) groups excluding carboxylic acids is 4. The molecule has 0 bridgehead atoms. The molecular formula is C24H26FN3O11. The Labute approximate surface area is 219 Å². The molecule has 1 saturated heterocycles. The van der Waals surface area contributed by atoms with Crippen LogP contribution in [0.5, 0.6) is 0 Å². The Morgan fingerprint density at radius 3 is 2.23 bits per heavy atom. The highest BCUT2D eigenvalue weighted by Gasteiger charge is 2.52. The quantitative estimate of drug-likeness (QED) is 0.340. The van der Waals surface area contributed by atoms with Gasteiger partial charge in [0, 0.05) is 20.8 Å². The summed E-state index contributed by atoms with van der Waals surface area (Å²) in [5, 5.41) is 2.41. The number of nitrogens with zero attached hydrogens (tertiary/aromatic N) is 1. The van der Waals surface area contributed by atoms with Crippen LogP contribution in [-0.4, -0.2) is 64.5 Å². The van der Waals surface area contributed by atoms with Crippen LogP contribution in [0.15, 0.2) is 46.1 Å². The zero-order chi connectivity index (χ0) is 28.7. The number of nitrogens with one attached hydrogen (secondary N) is 2. The summed E-state index contributed by atoms with van der Waals surface area (Å²) in [7, 11) is 0. The first-order valence-electron chi connectivity index (χ1n) is 11.6. The van der Waals surface area contributed by atoms with E-state index in [1.807, 2.05) is 0 Å². The third kappa shape index (κ3) is 7.73. The number of carbonyl (C=O) groups is 4. The van der Waals surface area contributed by atoms with Crippen molar-refractivity contribution in [2.45, 2.75) is 58.0 Å². The van der Waals surface area contributed by atoms with Crippen LogP contribution in [-0.2, 0) is 44.7 Å². The second-order valence-corrected chi connectivity index (χ2v) is 8.39. The van der Waals surface area contributed by atoms with E-state index >= 15 is 0 Å². The van der Waals surface area contributed by atoms with Crippen LogP contribution in [0.3, 0.4) is 0 Å². The fraction of sp³-hybridized carbons (Fsp3) is 0.417. The van der Waals surface area contributed by atoms with Gasteiger partial charge in [-0.3, -0.25) is 28.7 Å². The molecule has 3 rings (SSSR count). The van der Waals surface area contributed by atoms with Crippen LogP contribution in [0, 0.1) is 5.82 Å². The van der Waals surface area contributed by atoms with Crippen molar-refractivity contribution >= 4 is 24.0 Å². The third-order valence-corrected chi connectivity index (χ3v) is 5.42. The van der Waals surface area contributed by atoms with Crippen molar-refractivity contribution < 1.29 is 47.3 Å². The van der Waals surface area contributed by atoms with E-state index in [2.05, 4.69) is 5.32 Å². The maximum absolute atomic E-state index is 14.2. The normalized spacial score (nSPS) is 22.3. The Balaban J connectivity index is 2.05. The van der Waals surface area contributed by atoms with Gasteiger partial charge in [0.1, 0.15) is 25.4 Å². The SMILES string of the molecule is CC(=O)OC[C@H]1O[C@@H](n2cc(F)c(=O)[nH]c2=O)[C@@H](NC(=O)OCc2ccccc2)[C@@H](OC(C)=O)[C@H]1OC(C)=O. The van der Waals surface area contributed by atoms with Crippen LogP contribution in [0.1, 0.15) is 32.6 Å². The standard InChI is InChI=1S/C24H26FN3O11/c1-12(29)35-11-17-19(37-13(2)30)20(38-14(3)31)18(26-24(34)36-10-15-7-5-4-6-8-15)22(39-17)28-9-16(25)21(32)27-23(28)33/h4-9,17-20,22H,10-11H2,1-3H3,(H,26,34)(H,27,32,33)/t17-,18+,19+,20-,22-/m1/s1. The van der Waals surface area contributed by atoms with Crippen LogP contribution < -0.4 is 16.6 Å². The predicted molar refractivity (Wildman–Crippen MR) is 126 cm³/mol. The highest BCUT2D eigenvalue weighted by atomic mass is 19.1. The van der Waals surface area contributed by atoms with Gasteiger partial charge in [-0.2, -0.15) is 4.39 Å². The smallest absolute Gasteiger partial charge is 0.407 e. The molecule has 210 valence electrons. The molecule has 1 amide bonds. The highest BCUT2D eigenvalue weighted by molar-refractivity contribution is 5.69. The fourth-order valence-corrected chi connectivity index (χ4v) is 3.86. The number of aromatic nitrogens is 2. The van der Waals surface area contributed by atoms with E-state index in [4.69, 9.17) is 23.7 Å². The number of alkyl carbamates (subject to hydrolysis) is 1. The Morgan fingerprint density at radius 2 is 1.62 bits per heavy atom. The van der Waals surface area contributed by atoms with E-state index in [1.54, 1.807) is 35.3 Å². The molecule has 2 aromatic rings. The summed E-state index contributed by atoms with van der Waals surface area (Å²) in [6, 6.07) is 7.06. The van der Waals surface area contributed by atoms with Crippen LogP contribution >= 0.6 is 0 Å². The predicted octanol–water partition coefficient (Wildman–Crippen LogP) is 0.295. The molecule has 1 aliphatic rings. The van der Waals surface area contributed by atoms with E-state index in [-0.39, 0.29) is 6.61 Å². The number of esters is 3. The molecule has 2 N–H and O–H groups in total. The van der Waals surface area contributed by atoms with Crippen molar-refractivity contribution in [3.8, 4) is 0 Å². The van der Waals surface area contributed by atoms with E-state index in [0.29, 0.717) is 16.3 Å². The third-order valence-electron chi connectivity index (χ3n) is 5.42. The maximum Gasteiger partial charge on any atom is 0.407 e. The topological polar surface area (TPSA) is 181 Å². The second-order valence-electron chi connectivity index (χ2n) is 8.39. The number of amides is 1. The number of benzene rings is 1. The van der Waals surface area contributed by atoms with Crippen molar-refractivity contribution in [3.05, 3.63) is 68.7 Å². The van der Waals surface area contributed by atoms with Crippen molar-refractivity contribution in [3.63, 3.8) is 0 Å². The fourth-order valence-electron chi connectivity index (χ4n) is 3.86. The molecule has 0 saturated carbocycles.